The minimum Gasteiger partial charge on any atom is -0.394 e. The lowest BCUT2D eigenvalue weighted by Crippen LogP contribution is -2.61. The first-order valence-corrected chi connectivity index (χ1v) is 45.6. The number of aliphatic hydroxyl groups excluding tert-OH is 1. The molecule has 0 spiro atoms. The van der Waals surface area contributed by atoms with Crippen molar-refractivity contribution in [2.24, 2.45) is 28.9 Å². The van der Waals surface area contributed by atoms with Crippen molar-refractivity contribution in [2.75, 3.05) is 79.0 Å². The number of carbonyl (C=O) groups is 17. The van der Waals surface area contributed by atoms with E-state index in [1.165, 1.54) is 35.1 Å². The van der Waals surface area contributed by atoms with Gasteiger partial charge in [-0.25, -0.2) is 0 Å². The quantitative estimate of drug-likeness (QED) is 0.0147. The summed E-state index contributed by atoms with van der Waals surface area (Å²) in [7, 11) is 5.27. The molecule has 7 rings (SSSR count). The molecule has 0 bridgehead atoms. The molecule has 41 nitrogen and oxygen atoms in total. The van der Waals surface area contributed by atoms with Crippen LogP contribution in [0, 0.1) is 11.3 Å². The molecule has 3 aromatic carbocycles. The van der Waals surface area contributed by atoms with E-state index < -0.39 is 223 Å². The van der Waals surface area contributed by atoms with Crippen molar-refractivity contribution < 1.29 is 86.6 Å². The van der Waals surface area contributed by atoms with Crippen LogP contribution in [0.25, 0.3) is 21.8 Å². The number of likely N-dealkylation sites (N-methyl/N-ethyl adjacent to an activating group) is 4. The monoisotopic (exact) mass is 1840 g/mol. The summed E-state index contributed by atoms with van der Waals surface area (Å²) in [5.41, 5.74) is 25.6. The maximum absolute atomic E-state index is 15.7. The zero-order chi connectivity index (χ0) is 96.3. The van der Waals surface area contributed by atoms with Gasteiger partial charge in [0.15, 0.2) is 5.96 Å². The Balaban J connectivity index is 1.30. The Morgan fingerprint density at radius 2 is 1.04 bits per heavy atom. The van der Waals surface area contributed by atoms with E-state index in [1.807, 2.05) is 13.8 Å². The average molecular weight is 1840 g/mol. The van der Waals surface area contributed by atoms with Gasteiger partial charge in [0.25, 0.3) is 0 Å². The number of carbonyl (C=O) groups excluding carboxylic acids is 17. The second kappa shape index (κ2) is 52.2. The molecule has 0 unspecified atom stereocenters. The third kappa shape index (κ3) is 31.5. The Hall–Kier alpha value is -12.7. The lowest BCUT2D eigenvalue weighted by atomic mass is 10.00. The van der Waals surface area contributed by atoms with Crippen molar-refractivity contribution in [3.63, 3.8) is 0 Å². The van der Waals surface area contributed by atoms with E-state index in [2.05, 4.69) is 68.5 Å². The highest BCUT2D eigenvalue weighted by Crippen LogP contribution is 2.26. The average Bonchev–Trinajstić information content (AvgIpc) is 1.78. The Kier molecular flexibility index (Phi) is 42.0. The second-order valence-corrected chi connectivity index (χ2v) is 34.7. The second-order valence-electron chi connectivity index (χ2n) is 33.7. The fourth-order valence-electron chi connectivity index (χ4n) is 15.7. The molecule has 5 aromatic rings. The van der Waals surface area contributed by atoms with Crippen LogP contribution in [0.15, 0.2) is 91.3 Å². The first-order chi connectivity index (χ1) is 62.4. The Labute approximate surface area is 765 Å². The number of H-pyrrole nitrogens is 2. The number of benzene rings is 3. The van der Waals surface area contributed by atoms with Crippen LogP contribution in [-0.4, -0.2) is 304 Å². The summed E-state index contributed by atoms with van der Waals surface area (Å²) in [6.07, 6.45) is 4.32. The number of aliphatic hydroxyl groups is 1. The Bertz CT molecular complexity index is 4820. The van der Waals surface area contributed by atoms with Crippen LogP contribution < -0.4 is 81.4 Å². The molecule has 13 atom stereocenters. The first-order valence-electron chi connectivity index (χ1n) is 44.4. The number of nitrogens with two attached hydrogens (primary N) is 4. The smallest absolute Gasteiger partial charge is 0.246 e. The molecule has 0 radical (unpaired) electrons. The number of para-hydroxylation sites is 2. The molecule has 0 aliphatic carbocycles. The number of nitrogens with one attached hydrogen (secondary N) is 14. The first kappa shape index (κ1) is 105. The molecule has 4 heterocycles. The zero-order valence-electron chi connectivity index (χ0n) is 76.0. The third-order valence-corrected chi connectivity index (χ3v) is 24.1. The predicted octanol–water partition coefficient (Wildman–Crippen LogP) is -1.97. The van der Waals surface area contributed by atoms with Gasteiger partial charge in [0.05, 0.1) is 31.9 Å². The number of aromatic nitrogens is 2. The third-order valence-electron chi connectivity index (χ3n) is 23.1. The van der Waals surface area contributed by atoms with Crippen molar-refractivity contribution >= 4 is 140 Å². The SMILES string of the molecule is CCCC[C@H]1C(=O)N(C)[C@@H](CCCC)C(=O)N[C@@H](CCCNC(=N)N)C(=O)N[C@H](C(=O)NCC(N)=O)CSCC(=O)N[C@@H](Cc2ccccc2)C(=O)N(C)[C@@H](C)C(=O)N[C@@H](CC(N)=O)C(=O)N2CCC[C@H]2C(=O)N[C@@H](CCCCN)C(=O)N[C@@H](CC(C)C)C(=O)N(C)CC(=O)N[C@@H](Cc2c[nH]c3ccccc23)C(=O)N[C@@H](CO)C(=O)N[C@@H](Cc2c[nH]c3ccccc23)C(=O)N1C. The van der Waals surface area contributed by atoms with Gasteiger partial charge in [-0.3, -0.25) is 86.9 Å². The number of hydrogen-bond donors (Lipinski definition) is 19. The van der Waals surface area contributed by atoms with Gasteiger partial charge in [-0.2, -0.15) is 0 Å². The summed E-state index contributed by atoms with van der Waals surface area (Å²) in [4.78, 5) is 260. The van der Waals surface area contributed by atoms with Gasteiger partial charge in [-0.05, 0) is 112 Å². The molecule has 2 aliphatic rings. The van der Waals surface area contributed by atoms with Crippen molar-refractivity contribution in [2.45, 2.75) is 229 Å². The highest BCUT2D eigenvalue weighted by molar-refractivity contribution is 8.00. The largest absolute Gasteiger partial charge is 0.394 e. The zero-order valence-corrected chi connectivity index (χ0v) is 76.8. The molecule has 2 saturated heterocycles. The Morgan fingerprint density at radius 3 is 1.63 bits per heavy atom. The van der Waals surface area contributed by atoms with Crippen LogP contribution in [-0.2, 0) is 101 Å². The lowest BCUT2D eigenvalue weighted by Gasteiger charge is -2.36. The molecule has 2 aliphatic heterocycles. The fraction of sp³-hybridized carbons (Fsp3) is 0.551. The summed E-state index contributed by atoms with van der Waals surface area (Å²) in [5, 5.41) is 49.5. The number of hydrogen-bond acceptors (Lipinski definition) is 21. The van der Waals surface area contributed by atoms with E-state index in [4.69, 9.17) is 28.3 Å². The van der Waals surface area contributed by atoms with E-state index in [9.17, 15) is 62.6 Å². The van der Waals surface area contributed by atoms with E-state index >= 15 is 24.0 Å². The maximum Gasteiger partial charge on any atom is 0.246 e. The van der Waals surface area contributed by atoms with Gasteiger partial charge >= 0.3 is 0 Å². The minimum atomic E-state index is -1.84. The van der Waals surface area contributed by atoms with E-state index in [0.29, 0.717) is 70.6 Å². The van der Waals surface area contributed by atoms with E-state index in [-0.39, 0.29) is 103 Å². The summed E-state index contributed by atoms with van der Waals surface area (Å²) in [6.45, 7) is 6.20. The normalized spacial score (nSPS) is 23.6. The standard InChI is InChI=1S/C89H131N23O18S/c1-10-12-33-69-82(124)101-61(32-23-37-95-89(93)94)79(121)107-68(77(119)98-46-73(92)115)49-131-50-75(117)100-64(40-53-25-15-14-16-26-53)85(127)109(7)52(5)76(118)103-66(43-72(91)114)87(129)112-38-24-35-70(112)83(125)102-60(31-21-22-36-90)78(120)104-63(39-51(3)4)84(126)108(6)47-74(116)99-62(41-54-44-96-58-29-19-17-27-56(54)58)80(122)106-67(48-113)81(123)105-65(42-55-45-97-59-30-20-18-28-57(55)59)86(128)111(9)71(34-13-11-2)88(130)110(69)8/h14-20,25-30,44-45,51-52,60-71,96-97,113H,10-13,21-24,31-43,46-50,90H2,1-9H3,(H2,91,114)(H2,92,115)(H,98,119)(H,99,116)(H,100,117)(H,101,124)(H,102,125)(H,103,118)(H,104,120)(H,105,123)(H,106,122)(H,107,121)(H4,93,94,95)/t52-,60-,61-,62-,63-,64-,65-,66-,67-,68-,69-,70-,71-/m0/s1. The molecule has 0 saturated carbocycles. The van der Waals surface area contributed by atoms with Crippen molar-refractivity contribution in [1.82, 2.24) is 93.0 Å². The van der Waals surface area contributed by atoms with Gasteiger partial charge in [0, 0.05) is 100 Å². The van der Waals surface area contributed by atoms with Crippen molar-refractivity contribution in [3.8, 4) is 0 Å². The van der Waals surface area contributed by atoms with Crippen LogP contribution in [0.3, 0.4) is 0 Å². The van der Waals surface area contributed by atoms with Crippen LogP contribution in [0.4, 0.5) is 0 Å². The van der Waals surface area contributed by atoms with Gasteiger partial charge in [0.2, 0.25) is 100 Å². The predicted molar refractivity (Wildman–Crippen MR) is 490 cm³/mol. The van der Waals surface area contributed by atoms with E-state index in [1.54, 1.807) is 105 Å². The highest BCUT2D eigenvalue weighted by atomic mass is 32.2. The number of primary amides is 2. The van der Waals surface area contributed by atoms with Gasteiger partial charge in [0.1, 0.15) is 78.5 Å². The maximum atomic E-state index is 15.7. The molecule has 2 fully saturated rings. The minimum absolute atomic E-state index is 0.000963. The summed E-state index contributed by atoms with van der Waals surface area (Å²) >= 11 is 0.798. The molecule has 131 heavy (non-hydrogen) atoms. The van der Waals surface area contributed by atoms with Crippen LogP contribution in [0.2, 0.25) is 0 Å². The molecular formula is C89H131N23O18S. The van der Waals surface area contributed by atoms with Crippen LogP contribution >= 0.6 is 11.8 Å². The Morgan fingerprint density at radius 1 is 0.519 bits per heavy atom. The number of guanidine groups is 1. The summed E-state index contributed by atoms with van der Waals surface area (Å²) < 4.78 is 0. The molecule has 716 valence electrons. The summed E-state index contributed by atoms with van der Waals surface area (Å²) in [5.74, 6) is -16.9. The van der Waals surface area contributed by atoms with Crippen LogP contribution in [0.1, 0.15) is 148 Å². The van der Waals surface area contributed by atoms with Gasteiger partial charge in [-0.15, -0.1) is 11.8 Å². The number of thioether (sulfide) groups is 1. The number of nitrogens with zero attached hydrogens (tertiary/aromatic N) is 5. The fourth-order valence-corrected chi connectivity index (χ4v) is 16.6. The topological polar surface area (TPSA) is 618 Å². The lowest BCUT2D eigenvalue weighted by molar-refractivity contribution is -0.149. The number of aromatic amines is 2. The number of rotatable bonds is 28. The molecule has 42 heteroatoms. The van der Waals surface area contributed by atoms with Crippen molar-refractivity contribution in [1.29, 1.82) is 5.41 Å². The highest BCUT2D eigenvalue weighted by Gasteiger charge is 2.44. The number of amides is 17. The van der Waals surface area contributed by atoms with Gasteiger partial charge < -0.3 is 121 Å². The number of unbranched alkanes of at least 4 members (excludes halogenated alkanes) is 3. The van der Waals surface area contributed by atoms with Crippen molar-refractivity contribution in [3.05, 3.63) is 108 Å². The molecule has 17 amide bonds. The van der Waals surface area contributed by atoms with Crippen LogP contribution in [0.5, 0.6) is 0 Å². The van der Waals surface area contributed by atoms with Gasteiger partial charge in [-0.1, -0.05) is 120 Å². The molecule has 23 N–H and O–H groups in total. The molecular weight excluding hydrogens is 1710 g/mol. The van der Waals surface area contributed by atoms with E-state index in [0.717, 1.165) is 36.3 Å². The number of fused-ring (bicyclic) bond motifs is 3. The molecule has 2 aromatic heterocycles. The summed E-state index contributed by atoms with van der Waals surface area (Å²) in [6, 6.07) is 3.22.